The molecule has 5 heteroatoms. The third-order valence-corrected chi connectivity index (χ3v) is 3.10. The van der Waals surface area contributed by atoms with E-state index in [9.17, 15) is 18.0 Å². The van der Waals surface area contributed by atoms with Gasteiger partial charge in [-0.05, 0) is 37.5 Å². The summed E-state index contributed by atoms with van der Waals surface area (Å²) in [6, 6.07) is 4.70. The first kappa shape index (κ1) is 13.6. The van der Waals surface area contributed by atoms with E-state index in [0.717, 1.165) is 25.0 Å². The molecule has 1 aromatic rings. The van der Waals surface area contributed by atoms with Crippen LogP contribution >= 0.6 is 0 Å². The maximum Gasteiger partial charge on any atom is 0.416 e. The minimum Gasteiger partial charge on any atom is -0.326 e. The monoisotopic (exact) mass is 269 g/mol. The van der Waals surface area contributed by atoms with Gasteiger partial charge in [-0.1, -0.05) is 18.2 Å². The molecule has 0 radical (unpaired) electrons. The average Bonchev–Trinajstić information content (AvgIpc) is 2.39. The number of anilines is 1. The largest absolute Gasteiger partial charge is 0.416 e. The van der Waals surface area contributed by atoms with E-state index in [1.807, 2.05) is 12.2 Å². The molecule has 1 atom stereocenters. The molecule has 19 heavy (non-hydrogen) atoms. The fourth-order valence-electron chi connectivity index (χ4n) is 2.05. The molecular weight excluding hydrogens is 255 g/mol. The summed E-state index contributed by atoms with van der Waals surface area (Å²) in [5.74, 6) is -0.372. The summed E-state index contributed by atoms with van der Waals surface area (Å²) in [6.07, 6.45) is 1.76. The van der Waals surface area contributed by atoms with Crippen molar-refractivity contribution in [1.82, 2.24) is 0 Å². The van der Waals surface area contributed by atoms with Gasteiger partial charge < -0.3 is 5.32 Å². The van der Waals surface area contributed by atoms with Crippen molar-refractivity contribution in [3.63, 3.8) is 0 Å². The van der Waals surface area contributed by atoms with E-state index in [2.05, 4.69) is 5.32 Å². The Bertz CT molecular complexity index is 494. The number of carbonyl (C=O) groups is 1. The molecular formula is C14H14F3NO. The van der Waals surface area contributed by atoms with Gasteiger partial charge in [-0.2, -0.15) is 13.2 Å². The number of nitrogens with one attached hydrogen (secondary N) is 1. The van der Waals surface area contributed by atoms with Crippen LogP contribution in [0.3, 0.4) is 0 Å². The van der Waals surface area contributed by atoms with Crippen LogP contribution in [0.2, 0.25) is 0 Å². The Kier molecular flexibility index (Phi) is 3.93. The molecule has 0 unspecified atom stereocenters. The highest BCUT2D eigenvalue weighted by atomic mass is 19.4. The summed E-state index contributed by atoms with van der Waals surface area (Å²) in [5.41, 5.74) is -0.566. The average molecular weight is 269 g/mol. The Morgan fingerprint density at radius 2 is 2.05 bits per heavy atom. The first-order chi connectivity index (χ1) is 8.97. The second-order valence-electron chi connectivity index (χ2n) is 4.55. The van der Waals surface area contributed by atoms with E-state index >= 15 is 0 Å². The summed E-state index contributed by atoms with van der Waals surface area (Å²) in [6.45, 7) is 0. The zero-order chi connectivity index (χ0) is 13.9. The van der Waals surface area contributed by atoms with Gasteiger partial charge in [0, 0.05) is 11.6 Å². The van der Waals surface area contributed by atoms with E-state index < -0.39 is 11.7 Å². The number of alkyl halides is 3. The maximum absolute atomic E-state index is 12.5. The lowest BCUT2D eigenvalue weighted by Gasteiger charge is -2.17. The fraction of sp³-hybridized carbons (Fsp3) is 0.357. The Balaban J connectivity index is 2.06. The zero-order valence-electron chi connectivity index (χ0n) is 10.2. The van der Waals surface area contributed by atoms with E-state index in [0.29, 0.717) is 6.42 Å². The molecule has 0 bridgehead atoms. The highest BCUT2D eigenvalue weighted by Crippen LogP contribution is 2.31. The normalized spacial score (nSPS) is 19.2. The van der Waals surface area contributed by atoms with E-state index in [1.165, 1.54) is 12.1 Å². The van der Waals surface area contributed by atoms with Crippen LogP contribution in [-0.4, -0.2) is 5.91 Å². The molecule has 1 amide bonds. The first-order valence-electron chi connectivity index (χ1n) is 6.10. The first-order valence-corrected chi connectivity index (χ1v) is 6.10. The van der Waals surface area contributed by atoms with Gasteiger partial charge in [-0.3, -0.25) is 4.79 Å². The molecule has 2 nitrogen and oxygen atoms in total. The highest BCUT2D eigenvalue weighted by Gasteiger charge is 2.30. The number of hydrogen-bond donors (Lipinski definition) is 1. The van der Waals surface area contributed by atoms with Crippen molar-refractivity contribution < 1.29 is 18.0 Å². The van der Waals surface area contributed by atoms with Crippen LogP contribution in [0.25, 0.3) is 0 Å². The quantitative estimate of drug-likeness (QED) is 0.808. The number of amides is 1. The molecule has 0 aromatic heterocycles. The summed E-state index contributed by atoms with van der Waals surface area (Å²) < 4.78 is 37.6. The molecule has 2 rings (SSSR count). The van der Waals surface area contributed by atoms with Crippen LogP contribution in [0.4, 0.5) is 18.9 Å². The van der Waals surface area contributed by atoms with Gasteiger partial charge in [-0.15, -0.1) is 0 Å². The smallest absolute Gasteiger partial charge is 0.326 e. The molecule has 1 aliphatic carbocycles. The zero-order valence-corrected chi connectivity index (χ0v) is 10.2. The van der Waals surface area contributed by atoms with Gasteiger partial charge in [0.2, 0.25) is 5.91 Å². The molecule has 1 aliphatic rings. The summed E-state index contributed by atoms with van der Waals surface area (Å²) in [4.78, 5) is 11.9. The highest BCUT2D eigenvalue weighted by molar-refractivity contribution is 5.92. The minimum absolute atomic E-state index is 0.153. The third kappa shape index (κ3) is 3.59. The van der Waals surface area contributed by atoms with Gasteiger partial charge in [0.15, 0.2) is 0 Å². The van der Waals surface area contributed by atoms with Gasteiger partial charge in [-0.25, -0.2) is 0 Å². The molecule has 0 aliphatic heterocycles. The summed E-state index contributed by atoms with van der Waals surface area (Å²) >= 11 is 0. The van der Waals surface area contributed by atoms with Gasteiger partial charge in [0.25, 0.3) is 0 Å². The topological polar surface area (TPSA) is 29.1 Å². The van der Waals surface area contributed by atoms with Gasteiger partial charge in [0.1, 0.15) is 0 Å². The molecule has 1 aromatic carbocycles. The molecule has 0 spiro atoms. The predicted molar refractivity (Wildman–Crippen MR) is 66.6 cm³/mol. The number of benzene rings is 1. The molecule has 1 N–H and O–H groups in total. The number of allylic oxidation sites excluding steroid dienone is 2. The summed E-state index contributed by atoms with van der Waals surface area (Å²) in [5, 5.41) is 2.55. The minimum atomic E-state index is -4.39. The Labute approximate surface area is 109 Å². The van der Waals surface area contributed by atoms with Gasteiger partial charge >= 0.3 is 6.18 Å². The third-order valence-electron chi connectivity index (χ3n) is 3.10. The van der Waals surface area contributed by atoms with E-state index in [-0.39, 0.29) is 17.5 Å². The van der Waals surface area contributed by atoms with E-state index in [1.54, 1.807) is 0 Å². The number of rotatable bonds is 2. The van der Waals surface area contributed by atoms with Crippen molar-refractivity contribution in [2.24, 2.45) is 5.92 Å². The lowest BCUT2D eigenvalue weighted by molar-refractivity contribution is -0.137. The SMILES string of the molecule is O=C(Nc1cccc(C(F)(F)F)c1)[C@@H]1CC=CCC1. The second kappa shape index (κ2) is 5.47. The maximum atomic E-state index is 12.5. The lowest BCUT2D eigenvalue weighted by atomic mass is 9.93. The second-order valence-corrected chi connectivity index (χ2v) is 4.55. The number of hydrogen-bond acceptors (Lipinski definition) is 1. The molecule has 0 heterocycles. The predicted octanol–water partition coefficient (Wildman–Crippen LogP) is 4.00. The molecule has 102 valence electrons. The standard InChI is InChI=1S/C14H14F3NO/c15-14(16,17)11-7-4-8-12(9-11)18-13(19)10-5-2-1-3-6-10/h1-2,4,7-10H,3,5-6H2,(H,18,19)/t10-/m1/s1. The van der Waals surface area contributed by atoms with Crippen LogP contribution < -0.4 is 5.32 Å². The Morgan fingerprint density at radius 1 is 1.26 bits per heavy atom. The van der Waals surface area contributed by atoms with Crippen LogP contribution in [0, 0.1) is 5.92 Å². The van der Waals surface area contributed by atoms with Crippen LogP contribution in [0.1, 0.15) is 24.8 Å². The van der Waals surface area contributed by atoms with Crippen molar-refractivity contribution in [2.75, 3.05) is 5.32 Å². The van der Waals surface area contributed by atoms with Crippen molar-refractivity contribution in [2.45, 2.75) is 25.4 Å². The number of halogens is 3. The number of carbonyl (C=O) groups excluding carboxylic acids is 1. The summed E-state index contributed by atoms with van der Waals surface area (Å²) in [7, 11) is 0. The molecule has 0 saturated carbocycles. The lowest BCUT2D eigenvalue weighted by Crippen LogP contribution is -2.23. The van der Waals surface area contributed by atoms with Crippen molar-refractivity contribution in [1.29, 1.82) is 0 Å². The van der Waals surface area contributed by atoms with Gasteiger partial charge in [0.05, 0.1) is 5.56 Å². The molecule has 0 fully saturated rings. The van der Waals surface area contributed by atoms with Crippen molar-refractivity contribution >= 4 is 11.6 Å². The van der Waals surface area contributed by atoms with Crippen molar-refractivity contribution in [3.8, 4) is 0 Å². The Hall–Kier alpha value is -1.78. The van der Waals surface area contributed by atoms with Crippen molar-refractivity contribution in [3.05, 3.63) is 42.0 Å². The van der Waals surface area contributed by atoms with E-state index in [4.69, 9.17) is 0 Å². The molecule has 0 saturated heterocycles. The fourth-order valence-corrected chi connectivity index (χ4v) is 2.05. The Morgan fingerprint density at radius 3 is 2.68 bits per heavy atom. The van der Waals surface area contributed by atoms with Crippen LogP contribution in [0.5, 0.6) is 0 Å². The van der Waals surface area contributed by atoms with Crippen LogP contribution in [-0.2, 0) is 11.0 Å². The van der Waals surface area contributed by atoms with Crippen LogP contribution in [0.15, 0.2) is 36.4 Å².